The molecular weight excluding hydrogens is 491 g/mol. The number of hydrogen-bond donors (Lipinski definition) is 0. The molecule has 5 nitrogen and oxygen atoms in total. The van der Waals surface area contributed by atoms with E-state index in [0.717, 1.165) is 42.5 Å². The van der Waals surface area contributed by atoms with Gasteiger partial charge in [0.1, 0.15) is 5.82 Å². The molecule has 5 rings (SSSR count). The molecule has 0 aliphatic heterocycles. The van der Waals surface area contributed by atoms with E-state index in [2.05, 4.69) is 29.0 Å². The van der Waals surface area contributed by atoms with Crippen LogP contribution in [-0.2, 0) is 20.8 Å². The molecule has 0 spiro atoms. The van der Waals surface area contributed by atoms with E-state index in [-0.39, 0.29) is 11.8 Å². The summed E-state index contributed by atoms with van der Waals surface area (Å²) in [6.07, 6.45) is 6.70. The van der Waals surface area contributed by atoms with Crippen LogP contribution in [0.15, 0.2) is 72.8 Å². The SMILES string of the molecule is [2H][C@@H](c1ccc(-c2ccc(N(C)C)cc2)cc1)N(C(=O)[C@@H]1C[C@@H]2CC[C@H]1C2)c1cc(F)cc(/C=C/C(=O)OC)c1. The van der Waals surface area contributed by atoms with Crippen LogP contribution in [-0.4, -0.2) is 33.1 Å². The molecule has 3 aromatic carbocycles. The lowest BCUT2D eigenvalue weighted by molar-refractivity contribution is -0.134. The fourth-order valence-corrected chi connectivity index (χ4v) is 5.92. The summed E-state index contributed by atoms with van der Waals surface area (Å²) in [5, 5.41) is 0. The van der Waals surface area contributed by atoms with E-state index in [9.17, 15) is 15.4 Å². The van der Waals surface area contributed by atoms with E-state index in [4.69, 9.17) is 0 Å². The Morgan fingerprint density at radius 1 is 0.974 bits per heavy atom. The van der Waals surface area contributed by atoms with Gasteiger partial charge in [0.2, 0.25) is 5.91 Å². The van der Waals surface area contributed by atoms with Crippen LogP contribution in [0.4, 0.5) is 15.8 Å². The van der Waals surface area contributed by atoms with Crippen LogP contribution >= 0.6 is 0 Å². The Morgan fingerprint density at radius 3 is 2.26 bits per heavy atom. The summed E-state index contributed by atoms with van der Waals surface area (Å²) in [5.74, 6) is -0.546. The monoisotopic (exact) mass is 527 g/mol. The molecule has 202 valence electrons. The number of halogens is 1. The molecule has 2 bridgehead atoms. The molecule has 0 N–H and O–H groups in total. The van der Waals surface area contributed by atoms with Crippen LogP contribution in [0, 0.1) is 23.6 Å². The number of fused-ring (bicyclic) bond motifs is 2. The van der Waals surface area contributed by atoms with Crippen molar-refractivity contribution in [2.75, 3.05) is 31.0 Å². The number of esters is 1. The van der Waals surface area contributed by atoms with E-state index in [1.165, 1.54) is 36.3 Å². The topological polar surface area (TPSA) is 49.9 Å². The summed E-state index contributed by atoms with van der Waals surface area (Å²) in [6, 6.07) is 20.1. The second kappa shape index (κ2) is 11.4. The minimum atomic E-state index is -1.06. The van der Waals surface area contributed by atoms with Gasteiger partial charge in [-0.05, 0) is 89.8 Å². The lowest BCUT2D eigenvalue weighted by atomic mass is 9.87. The highest BCUT2D eigenvalue weighted by atomic mass is 19.1. The average Bonchev–Trinajstić information content (AvgIpc) is 3.60. The maximum Gasteiger partial charge on any atom is 0.330 e. The Morgan fingerprint density at radius 2 is 1.67 bits per heavy atom. The van der Waals surface area contributed by atoms with Gasteiger partial charge < -0.3 is 14.5 Å². The van der Waals surface area contributed by atoms with Gasteiger partial charge >= 0.3 is 5.97 Å². The van der Waals surface area contributed by atoms with E-state index in [0.29, 0.717) is 28.7 Å². The zero-order valence-corrected chi connectivity index (χ0v) is 22.6. The van der Waals surface area contributed by atoms with Gasteiger partial charge in [-0.15, -0.1) is 0 Å². The summed E-state index contributed by atoms with van der Waals surface area (Å²) in [5.41, 5.74) is 4.53. The molecule has 0 unspecified atom stereocenters. The van der Waals surface area contributed by atoms with Crippen molar-refractivity contribution in [1.29, 1.82) is 0 Å². The van der Waals surface area contributed by atoms with Crippen LogP contribution in [0.2, 0.25) is 0 Å². The van der Waals surface area contributed by atoms with Gasteiger partial charge in [-0.25, -0.2) is 9.18 Å². The zero-order valence-electron chi connectivity index (χ0n) is 23.6. The third kappa shape index (κ3) is 6.06. The summed E-state index contributed by atoms with van der Waals surface area (Å²) in [7, 11) is 5.27. The zero-order chi connectivity index (χ0) is 28.4. The molecule has 2 aliphatic carbocycles. The maximum atomic E-state index is 14.8. The van der Waals surface area contributed by atoms with E-state index >= 15 is 0 Å². The van der Waals surface area contributed by atoms with E-state index in [1.54, 1.807) is 6.07 Å². The minimum Gasteiger partial charge on any atom is -0.466 e. The van der Waals surface area contributed by atoms with Crippen LogP contribution in [0.3, 0.4) is 0 Å². The van der Waals surface area contributed by atoms with Gasteiger partial charge in [-0.3, -0.25) is 4.79 Å². The summed E-state index contributed by atoms with van der Waals surface area (Å²) < 4.78 is 28.7. The summed E-state index contributed by atoms with van der Waals surface area (Å²) >= 11 is 0. The van der Waals surface area contributed by atoms with Crippen LogP contribution < -0.4 is 9.80 Å². The van der Waals surface area contributed by atoms with Crippen LogP contribution in [0.25, 0.3) is 17.2 Å². The Hall–Kier alpha value is -3.93. The third-order valence-electron chi connectivity index (χ3n) is 7.99. The molecule has 2 fully saturated rings. The highest BCUT2D eigenvalue weighted by Gasteiger charge is 2.44. The number of carbonyl (C=O) groups is 2. The number of methoxy groups -OCH3 is 1. The highest BCUT2D eigenvalue weighted by molar-refractivity contribution is 5.96. The van der Waals surface area contributed by atoms with Gasteiger partial charge in [-0.2, -0.15) is 0 Å². The number of anilines is 2. The van der Waals surface area contributed by atoms with Crippen molar-refractivity contribution in [3.05, 3.63) is 89.8 Å². The van der Waals surface area contributed by atoms with Crippen molar-refractivity contribution in [1.82, 2.24) is 0 Å². The molecule has 0 aromatic heterocycles. The summed E-state index contributed by atoms with van der Waals surface area (Å²) in [4.78, 5) is 29.1. The molecule has 2 aliphatic rings. The molecule has 39 heavy (non-hydrogen) atoms. The second-order valence-electron chi connectivity index (χ2n) is 10.8. The van der Waals surface area contributed by atoms with Gasteiger partial charge in [0.05, 0.1) is 15.0 Å². The number of hydrogen-bond acceptors (Lipinski definition) is 4. The lowest BCUT2D eigenvalue weighted by Gasteiger charge is -2.30. The standard InChI is InChI=1S/C33H35FN2O3/c1-35(2)29-13-11-26(12-14-29)25-8-4-22(5-9-25)21-36(33(38)31-19-23-6-10-27(31)16-23)30-18-24(17-28(34)20-30)7-15-32(37)39-3/h4-5,7-9,11-15,17-18,20,23,27,31H,6,10,16,19,21H2,1-3H3/b15-7+/t23-,27+,31-/m1/s1/i21D/t21-,23+,27-,31+/m0. The molecule has 3 aromatic rings. The van der Waals surface area contributed by atoms with Gasteiger partial charge in [-0.1, -0.05) is 42.8 Å². The van der Waals surface area contributed by atoms with Gasteiger partial charge in [0, 0.05) is 37.5 Å². The van der Waals surface area contributed by atoms with Gasteiger partial charge in [0.25, 0.3) is 0 Å². The predicted molar refractivity (Wildman–Crippen MR) is 154 cm³/mol. The molecule has 0 saturated heterocycles. The smallest absolute Gasteiger partial charge is 0.330 e. The molecule has 1 amide bonds. The lowest BCUT2D eigenvalue weighted by Crippen LogP contribution is -2.38. The average molecular weight is 528 g/mol. The van der Waals surface area contributed by atoms with E-state index < -0.39 is 18.3 Å². The Kier molecular flexibility index (Phi) is 7.44. The third-order valence-corrected chi connectivity index (χ3v) is 7.99. The predicted octanol–water partition coefficient (Wildman–Crippen LogP) is 6.71. The number of ether oxygens (including phenoxy) is 1. The molecule has 6 heteroatoms. The maximum absolute atomic E-state index is 14.8. The van der Waals surface area contributed by atoms with Crippen LogP contribution in [0.5, 0.6) is 0 Å². The number of carbonyl (C=O) groups excluding carboxylic acids is 2. The number of amides is 1. The molecule has 4 atom stereocenters. The van der Waals surface area contributed by atoms with Crippen LogP contribution in [0.1, 0.15) is 38.2 Å². The van der Waals surface area contributed by atoms with Gasteiger partial charge in [0.15, 0.2) is 0 Å². The molecule has 0 radical (unpaired) electrons. The largest absolute Gasteiger partial charge is 0.466 e. The quantitative estimate of drug-likeness (QED) is 0.241. The first-order valence-electron chi connectivity index (χ1n) is 14.0. The number of nitrogens with zero attached hydrogens (tertiary/aromatic N) is 2. The molecule has 0 heterocycles. The first-order chi connectivity index (χ1) is 19.2. The van der Waals surface area contributed by atoms with Crippen molar-refractivity contribution in [3.63, 3.8) is 0 Å². The number of benzene rings is 3. The van der Waals surface area contributed by atoms with E-state index in [1.807, 2.05) is 43.3 Å². The Labute approximate surface area is 231 Å². The Balaban J connectivity index is 1.47. The molecule has 2 saturated carbocycles. The summed E-state index contributed by atoms with van der Waals surface area (Å²) in [6.45, 7) is -1.06. The van der Waals surface area contributed by atoms with Crippen molar-refractivity contribution in [2.45, 2.75) is 32.2 Å². The van der Waals surface area contributed by atoms with Crippen molar-refractivity contribution < 1.29 is 20.1 Å². The fourth-order valence-electron chi connectivity index (χ4n) is 5.92. The first-order valence-corrected chi connectivity index (χ1v) is 13.4. The first kappa shape index (κ1) is 25.4. The molecular formula is C33H35FN2O3. The highest BCUT2D eigenvalue weighted by Crippen LogP contribution is 2.49. The fraction of sp³-hybridized carbons (Fsp3) is 0.333. The second-order valence-corrected chi connectivity index (χ2v) is 10.8. The minimum absolute atomic E-state index is 0.135. The van der Waals surface area contributed by atoms with Crippen molar-refractivity contribution in [2.24, 2.45) is 17.8 Å². The normalized spacial score (nSPS) is 21.0. The van der Waals surface area contributed by atoms with Crippen molar-refractivity contribution in [3.8, 4) is 11.1 Å². The van der Waals surface area contributed by atoms with Crippen molar-refractivity contribution >= 4 is 29.3 Å². The number of rotatable bonds is 8. The Bertz CT molecular complexity index is 1400.